The molecule has 0 aliphatic heterocycles. The Morgan fingerprint density at radius 1 is 1.08 bits per heavy atom. The van der Waals surface area contributed by atoms with Crippen molar-refractivity contribution < 1.29 is 14.3 Å². The lowest BCUT2D eigenvalue weighted by Gasteiger charge is -2.15. The van der Waals surface area contributed by atoms with Crippen LogP contribution in [0.3, 0.4) is 0 Å². The van der Waals surface area contributed by atoms with Gasteiger partial charge >= 0.3 is 5.97 Å². The van der Waals surface area contributed by atoms with Gasteiger partial charge in [0.15, 0.2) is 0 Å². The zero-order valence-electron chi connectivity index (χ0n) is 13.8. The van der Waals surface area contributed by atoms with Crippen LogP contribution < -0.4 is 10.5 Å². The number of halogens is 1. The number of carbonyl (C=O) groups excluding carboxylic acids is 1. The van der Waals surface area contributed by atoms with Crippen molar-refractivity contribution in [3.63, 3.8) is 0 Å². The summed E-state index contributed by atoms with van der Waals surface area (Å²) in [7, 11) is 0. The summed E-state index contributed by atoms with van der Waals surface area (Å²) in [5, 5.41) is 0. The van der Waals surface area contributed by atoms with Gasteiger partial charge in [-0.25, -0.2) is 0 Å². The molecule has 0 radical (unpaired) electrons. The molecule has 0 fully saturated rings. The van der Waals surface area contributed by atoms with Crippen molar-refractivity contribution in [1.29, 1.82) is 0 Å². The minimum absolute atomic E-state index is 0. The van der Waals surface area contributed by atoms with Crippen molar-refractivity contribution in [3.05, 3.63) is 65.7 Å². The summed E-state index contributed by atoms with van der Waals surface area (Å²) in [6.45, 7) is 3.13. The highest BCUT2D eigenvalue weighted by molar-refractivity contribution is 5.85. The molecule has 0 aliphatic carbocycles. The lowest BCUT2D eigenvalue weighted by atomic mass is 9.96. The van der Waals surface area contributed by atoms with Crippen LogP contribution >= 0.6 is 12.4 Å². The fourth-order valence-corrected chi connectivity index (χ4v) is 2.34. The van der Waals surface area contributed by atoms with Crippen molar-refractivity contribution in [3.8, 4) is 5.75 Å². The fourth-order valence-electron chi connectivity index (χ4n) is 2.34. The minimum Gasteiger partial charge on any atom is -0.489 e. The van der Waals surface area contributed by atoms with Crippen molar-refractivity contribution in [1.82, 2.24) is 0 Å². The molecule has 0 aromatic heterocycles. The van der Waals surface area contributed by atoms with Crippen LogP contribution in [0.1, 0.15) is 30.4 Å². The summed E-state index contributed by atoms with van der Waals surface area (Å²) < 4.78 is 10.7. The SMILES string of the molecule is CCOC(=O)CC(CN)c1ccc(OCc2ccccc2)cc1.Cl. The highest BCUT2D eigenvalue weighted by atomic mass is 35.5. The molecule has 4 nitrogen and oxygen atoms in total. The standard InChI is InChI=1S/C19H23NO3.ClH/c1-2-22-19(21)12-17(13-20)16-8-10-18(11-9-16)23-14-15-6-4-3-5-7-15;/h3-11,17H,2,12-14,20H2,1H3;1H. The molecule has 0 saturated heterocycles. The minimum atomic E-state index is -0.215. The first-order valence-corrected chi connectivity index (χ1v) is 7.85. The van der Waals surface area contributed by atoms with Gasteiger partial charge < -0.3 is 15.2 Å². The number of ether oxygens (including phenoxy) is 2. The Hall–Kier alpha value is -2.04. The summed E-state index contributed by atoms with van der Waals surface area (Å²) >= 11 is 0. The Balaban J connectivity index is 0.00000288. The van der Waals surface area contributed by atoms with Gasteiger partial charge in [0.05, 0.1) is 13.0 Å². The molecule has 0 amide bonds. The summed E-state index contributed by atoms with van der Waals surface area (Å²) in [5.41, 5.74) is 7.93. The third-order valence-corrected chi connectivity index (χ3v) is 3.60. The Morgan fingerprint density at radius 3 is 2.33 bits per heavy atom. The lowest BCUT2D eigenvalue weighted by Crippen LogP contribution is -2.18. The highest BCUT2D eigenvalue weighted by Gasteiger charge is 2.15. The molecule has 0 saturated carbocycles. The van der Waals surface area contributed by atoms with Crippen molar-refractivity contribution in [2.75, 3.05) is 13.2 Å². The van der Waals surface area contributed by atoms with Crippen LogP contribution in [0.25, 0.3) is 0 Å². The molecule has 5 heteroatoms. The summed E-state index contributed by atoms with van der Waals surface area (Å²) in [6, 6.07) is 17.7. The van der Waals surface area contributed by atoms with E-state index in [1.165, 1.54) is 0 Å². The van der Waals surface area contributed by atoms with Gasteiger partial charge in [-0.15, -0.1) is 12.4 Å². The van der Waals surface area contributed by atoms with E-state index in [9.17, 15) is 4.79 Å². The molecule has 2 aromatic carbocycles. The maximum Gasteiger partial charge on any atom is 0.306 e. The van der Waals surface area contributed by atoms with E-state index in [0.717, 1.165) is 16.9 Å². The van der Waals surface area contributed by atoms with E-state index < -0.39 is 0 Å². The predicted molar refractivity (Wildman–Crippen MR) is 97.5 cm³/mol. The first kappa shape index (κ1) is 20.0. The smallest absolute Gasteiger partial charge is 0.306 e. The number of nitrogens with two attached hydrogens (primary N) is 1. The average molecular weight is 350 g/mol. The van der Waals surface area contributed by atoms with E-state index in [-0.39, 0.29) is 24.3 Å². The molecule has 130 valence electrons. The maximum atomic E-state index is 11.6. The number of benzene rings is 2. The fraction of sp³-hybridized carbons (Fsp3) is 0.316. The molecule has 1 atom stereocenters. The second kappa shape index (κ2) is 10.7. The zero-order chi connectivity index (χ0) is 16.5. The lowest BCUT2D eigenvalue weighted by molar-refractivity contribution is -0.143. The van der Waals surface area contributed by atoms with Crippen LogP contribution in [0.2, 0.25) is 0 Å². The monoisotopic (exact) mass is 349 g/mol. The molecule has 0 bridgehead atoms. The van der Waals surface area contributed by atoms with E-state index >= 15 is 0 Å². The molecule has 2 rings (SSSR count). The van der Waals surface area contributed by atoms with Gasteiger partial charge in [0.25, 0.3) is 0 Å². The van der Waals surface area contributed by atoms with Crippen LogP contribution in [0.15, 0.2) is 54.6 Å². The first-order valence-electron chi connectivity index (χ1n) is 7.85. The maximum absolute atomic E-state index is 11.6. The van der Waals surface area contributed by atoms with Crippen LogP contribution in [0.5, 0.6) is 5.75 Å². The van der Waals surface area contributed by atoms with E-state index in [2.05, 4.69) is 0 Å². The molecule has 0 aliphatic rings. The number of carbonyl (C=O) groups is 1. The first-order chi connectivity index (χ1) is 11.2. The van der Waals surface area contributed by atoms with E-state index in [1.54, 1.807) is 6.92 Å². The van der Waals surface area contributed by atoms with Gasteiger partial charge in [-0.3, -0.25) is 4.79 Å². The van der Waals surface area contributed by atoms with Gasteiger partial charge in [-0.05, 0) is 36.7 Å². The molecule has 24 heavy (non-hydrogen) atoms. The van der Waals surface area contributed by atoms with Crippen LogP contribution in [-0.2, 0) is 16.1 Å². The normalized spacial score (nSPS) is 11.2. The van der Waals surface area contributed by atoms with Crippen LogP contribution in [0, 0.1) is 0 Å². The van der Waals surface area contributed by atoms with Crippen molar-refractivity contribution >= 4 is 18.4 Å². The number of hydrogen-bond acceptors (Lipinski definition) is 4. The largest absolute Gasteiger partial charge is 0.489 e. The molecule has 2 N–H and O–H groups in total. The quantitative estimate of drug-likeness (QED) is 0.738. The van der Waals surface area contributed by atoms with E-state index in [0.29, 0.717) is 26.2 Å². The summed E-state index contributed by atoms with van der Waals surface area (Å²) in [6.07, 6.45) is 0.300. The van der Waals surface area contributed by atoms with Gasteiger partial charge in [0.2, 0.25) is 0 Å². The molecular weight excluding hydrogens is 326 g/mol. The van der Waals surface area contributed by atoms with Crippen molar-refractivity contribution in [2.45, 2.75) is 25.9 Å². The Kier molecular flexibility index (Phi) is 8.90. The summed E-state index contributed by atoms with van der Waals surface area (Å²) in [5.74, 6) is 0.550. The van der Waals surface area contributed by atoms with E-state index in [4.69, 9.17) is 15.2 Å². The second-order valence-electron chi connectivity index (χ2n) is 5.29. The highest BCUT2D eigenvalue weighted by Crippen LogP contribution is 2.22. The summed E-state index contributed by atoms with van der Waals surface area (Å²) in [4.78, 5) is 11.6. The molecular formula is C19H24ClNO3. The zero-order valence-corrected chi connectivity index (χ0v) is 14.6. The van der Waals surface area contributed by atoms with E-state index in [1.807, 2.05) is 54.6 Å². The number of esters is 1. The third kappa shape index (κ3) is 6.22. The third-order valence-electron chi connectivity index (χ3n) is 3.60. The van der Waals surface area contributed by atoms with Gasteiger partial charge in [0.1, 0.15) is 12.4 Å². The Morgan fingerprint density at radius 2 is 1.75 bits per heavy atom. The second-order valence-corrected chi connectivity index (χ2v) is 5.29. The molecule has 2 aromatic rings. The number of hydrogen-bond donors (Lipinski definition) is 1. The van der Waals surface area contributed by atoms with Gasteiger partial charge in [-0.1, -0.05) is 42.5 Å². The van der Waals surface area contributed by atoms with Gasteiger partial charge in [-0.2, -0.15) is 0 Å². The van der Waals surface area contributed by atoms with Crippen molar-refractivity contribution in [2.24, 2.45) is 5.73 Å². The Labute approximate surface area is 149 Å². The molecule has 0 heterocycles. The Bertz CT molecular complexity index is 602. The van der Waals surface area contributed by atoms with Crippen LogP contribution in [0.4, 0.5) is 0 Å². The topological polar surface area (TPSA) is 61.5 Å². The average Bonchev–Trinajstić information content (AvgIpc) is 2.59. The van der Waals surface area contributed by atoms with Gasteiger partial charge in [0, 0.05) is 5.92 Å². The molecule has 1 unspecified atom stereocenters. The number of rotatable bonds is 8. The van der Waals surface area contributed by atoms with Crippen LogP contribution in [-0.4, -0.2) is 19.1 Å². The molecule has 0 spiro atoms. The predicted octanol–water partition coefficient (Wildman–Crippen LogP) is 3.68.